The van der Waals surface area contributed by atoms with Gasteiger partial charge in [-0.05, 0) is 165 Å². The summed E-state index contributed by atoms with van der Waals surface area (Å²) in [6.07, 6.45) is -5.28. The highest BCUT2D eigenvalue weighted by Crippen LogP contribution is 2.68. The molecule has 1 aliphatic heterocycles. The molecular weight excluding hydrogens is 1370 g/mol. The van der Waals surface area contributed by atoms with Crippen LogP contribution in [-0.2, 0) is 18.5 Å². The van der Waals surface area contributed by atoms with Crippen molar-refractivity contribution in [3.05, 3.63) is 143 Å². The van der Waals surface area contributed by atoms with Crippen LogP contribution in [-0.4, -0.2) is 109 Å². The van der Waals surface area contributed by atoms with Gasteiger partial charge in [-0.1, -0.05) is 167 Å². The van der Waals surface area contributed by atoms with Crippen molar-refractivity contribution < 1.29 is 95.3 Å². The maximum Gasteiger partial charge on any atom is 0.438 e. The van der Waals surface area contributed by atoms with Gasteiger partial charge in [-0.25, -0.2) is 8.78 Å². The number of fused-ring (bicyclic) bond motifs is 2. The fourth-order valence-electron chi connectivity index (χ4n) is 15.5. The van der Waals surface area contributed by atoms with Crippen molar-refractivity contribution in [3.63, 3.8) is 0 Å². The van der Waals surface area contributed by atoms with E-state index in [1.54, 1.807) is 0 Å². The standard InChI is InChI=1S/C28H31F7O2.C27H36FO2PSi.C19H20F6O2.C4H8O/c1-17-19(15-20(36)16-22(17)29)7-6-18-5-3-10-24(2)21(18)8-9-23(24)25(13-14-25)11-4-12-26(37,27(30,31)32)28(33,34)35;1-21-22(19-23(20-26(21)28)30-32(5,6)27(2,3)4)17-18-31(29,24-13-9-7-10-14-24)25-15-11-8-12-16-25;1-15-7-2-4-13(26)12(15)5-6-14(15)16(10-11-16)8-3-9-17(27,18(20,21)22)19(23,24)25;1-2-4-5-3-1/h6-7,9,20-22,36-37H,1,3,5,8,10-11,13-16H2,2H3;7-17,23,26H,1,18-20H2,2-6H3;6,12,27H,2,4-5,7-8,10-11H2,1H3;1-4H2/b18-6+,19-7-;22-17-;;/t20?,21?,22-,24-;23-,26+;12?,15-;/m010./s1. The minimum Gasteiger partial charge on any atom is -0.413 e. The van der Waals surface area contributed by atoms with Gasteiger partial charge in [0.05, 0.1) is 12.2 Å². The molecule has 8 aliphatic carbocycles. The molecule has 3 unspecified atom stereocenters. The number of alkyl halides is 14. The van der Waals surface area contributed by atoms with E-state index >= 15 is 0 Å². The molecule has 2 aromatic carbocycles. The van der Waals surface area contributed by atoms with Crippen LogP contribution in [0.3, 0.4) is 0 Å². The summed E-state index contributed by atoms with van der Waals surface area (Å²) in [7, 11) is -4.91. The van der Waals surface area contributed by atoms with Gasteiger partial charge in [-0.3, -0.25) is 4.79 Å². The SMILES string of the molecule is C1CCOC1.C=C1/C(=C\C=C2/CCC[C@]3(C)C(C4(CC#CC(O)(C(F)(F)F)C(F)(F)F)CC4)=CCC23)CC(O)C[C@@H]1F.C=C1/C(=C\CP(=O)(c2ccccc2)c2ccccc2)C[C@@H](O[Si](C)(C)C(C)(C)C)C[C@@H]1F.C[C@]12CCCC(=O)C1CC=C2C1(CC#CC(O)(C(F)(F)F)C(F)(F)F)CC1. The Morgan fingerprint density at radius 3 is 1.50 bits per heavy atom. The van der Waals surface area contributed by atoms with Crippen LogP contribution in [0, 0.1) is 57.2 Å². The number of allylic oxidation sites excluding steroid dienone is 10. The van der Waals surface area contributed by atoms with E-state index < -0.39 is 86.1 Å². The molecule has 23 heteroatoms. The molecule has 0 spiro atoms. The molecular formula is C78H95F14O7PSi. The maximum atomic E-state index is 14.9. The van der Waals surface area contributed by atoms with Gasteiger partial charge in [0.2, 0.25) is 0 Å². The monoisotopic (exact) mass is 1470 g/mol. The molecule has 3 N–H and O–H groups in total. The number of halogens is 14. The topological polar surface area (TPSA) is 113 Å². The molecule has 1 heterocycles. The van der Waals surface area contributed by atoms with Gasteiger partial charge < -0.3 is 29.0 Å². The number of aliphatic hydroxyl groups excluding tert-OH is 1. The third kappa shape index (κ3) is 17.6. The molecule has 9 aliphatic rings. The Morgan fingerprint density at radius 2 is 1.06 bits per heavy atom. The van der Waals surface area contributed by atoms with Crippen LogP contribution >= 0.6 is 7.14 Å². The van der Waals surface area contributed by atoms with Crippen molar-refractivity contribution in [3.8, 4) is 23.7 Å². The van der Waals surface area contributed by atoms with Crippen LogP contribution in [0.15, 0.2) is 143 Å². The first-order valence-electron chi connectivity index (χ1n) is 34.8. The number of ketones is 1. The number of carbonyl (C=O) groups excluding carboxylic acids is 1. The van der Waals surface area contributed by atoms with Crippen LogP contribution in [0.25, 0.3) is 0 Å². The van der Waals surface area contributed by atoms with E-state index in [0.29, 0.717) is 87.1 Å². The fraction of sp³-hybridized carbons (Fsp3) is 0.603. The minimum absolute atomic E-state index is 0.0367. The van der Waals surface area contributed by atoms with Gasteiger partial charge in [0, 0.05) is 78.8 Å². The van der Waals surface area contributed by atoms with Gasteiger partial charge >= 0.3 is 35.9 Å². The number of ether oxygens (including phenoxy) is 1. The van der Waals surface area contributed by atoms with Crippen molar-refractivity contribution in [2.75, 3.05) is 19.4 Å². The Morgan fingerprint density at radius 1 is 0.624 bits per heavy atom. The average Bonchev–Trinajstić information content (AvgIpc) is 1.56. The maximum absolute atomic E-state index is 14.9. The lowest BCUT2D eigenvalue weighted by Gasteiger charge is -2.43. The number of aliphatic hydroxyl groups is 3. The highest BCUT2D eigenvalue weighted by Gasteiger charge is 2.71. The number of rotatable bonds is 11. The Kier molecular flexibility index (Phi) is 24.7. The Balaban J connectivity index is 0.000000187. The third-order valence-electron chi connectivity index (χ3n) is 22.9. The second-order valence-corrected chi connectivity index (χ2v) is 38.5. The summed E-state index contributed by atoms with van der Waals surface area (Å²) in [4.78, 5) is 12.2. The fourth-order valence-corrected chi connectivity index (χ4v) is 19.3. The number of benzene rings is 2. The van der Waals surface area contributed by atoms with Crippen LogP contribution in [0.5, 0.6) is 0 Å². The molecule has 101 heavy (non-hydrogen) atoms. The minimum atomic E-state index is -5.96. The molecule has 6 saturated carbocycles. The molecule has 7 nitrogen and oxygen atoms in total. The zero-order chi connectivity index (χ0) is 74.9. The van der Waals surface area contributed by atoms with Gasteiger partial charge in [0.1, 0.15) is 25.3 Å². The zero-order valence-corrected chi connectivity index (χ0v) is 60.4. The molecule has 11 rings (SSSR count). The summed E-state index contributed by atoms with van der Waals surface area (Å²) in [6.45, 7) is 24.9. The smallest absolute Gasteiger partial charge is 0.413 e. The molecule has 7 fully saturated rings. The highest BCUT2D eigenvalue weighted by molar-refractivity contribution is 7.78. The van der Waals surface area contributed by atoms with Crippen molar-refractivity contribution >= 4 is 31.9 Å². The molecule has 0 bridgehead atoms. The highest BCUT2D eigenvalue weighted by atomic mass is 31.2. The number of hydrogen-bond acceptors (Lipinski definition) is 7. The summed E-state index contributed by atoms with van der Waals surface area (Å²) in [5.41, 5.74) is -6.42. The lowest BCUT2D eigenvalue weighted by molar-refractivity contribution is -0.344. The average molecular weight is 1470 g/mol. The quantitative estimate of drug-likeness (QED) is 0.0675. The van der Waals surface area contributed by atoms with E-state index in [1.165, 1.54) is 12.8 Å². The number of Topliss-reactive ketones (excluding diaryl/α,β-unsaturated/α-hetero) is 1. The molecule has 0 amide bonds. The van der Waals surface area contributed by atoms with Crippen LogP contribution in [0.1, 0.15) is 163 Å². The van der Waals surface area contributed by atoms with Crippen LogP contribution < -0.4 is 10.6 Å². The summed E-state index contributed by atoms with van der Waals surface area (Å²) in [5.74, 6) is 6.31. The van der Waals surface area contributed by atoms with E-state index in [-0.39, 0.29) is 53.4 Å². The largest absolute Gasteiger partial charge is 0.438 e. The Bertz CT molecular complexity index is 3590. The second-order valence-electron chi connectivity index (χ2n) is 30.8. The number of carbonyl (C=O) groups is 1. The number of hydrogen-bond donors (Lipinski definition) is 3. The van der Waals surface area contributed by atoms with E-state index in [4.69, 9.17) is 14.3 Å². The van der Waals surface area contributed by atoms with Crippen molar-refractivity contribution in [2.24, 2.45) is 33.5 Å². The predicted molar refractivity (Wildman–Crippen MR) is 367 cm³/mol. The summed E-state index contributed by atoms with van der Waals surface area (Å²) >= 11 is 0. The lowest BCUT2D eigenvalue weighted by Crippen LogP contribution is -2.55. The summed E-state index contributed by atoms with van der Waals surface area (Å²) in [6, 6.07) is 19.2. The zero-order valence-electron chi connectivity index (χ0n) is 58.5. The normalized spacial score (nSPS) is 28.7. The molecule has 556 valence electrons. The Hall–Kier alpha value is -5.32. The van der Waals surface area contributed by atoms with Crippen molar-refractivity contribution in [2.45, 2.75) is 242 Å². The first-order valence-corrected chi connectivity index (χ1v) is 39.6. The lowest BCUT2D eigenvalue weighted by atomic mass is 9.61. The van der Waals surface area contributed by atoms with E-state index in [2.05, 4.69) is 65.9 Å². The summed E-state index contributed by atoms with van der Waals surface area (Å²) < 4.78 is 209. The second kappa shape index (κ2) is 30.6. The molecule has 0 radical (unpaired) electrons. The van der Waals surface area contributed by atoms with E-state index in [0.717, 1.165) is 90.1 Å². The molecule has 8 atom stereocenters. The summed E-state index contributed by atoms with van der Waals surface area (Å²) in [5, 5.41) is 30.1. The van der Waals surface area contributed by atoms with Gasteiger partial charge in [0.15, 0.2) is 8.32 Å². The van der Waals surface area contributed by atoms with Crippen molar-refractivity contribution in [1.82, 2.24) is 0 Å². The van der Waals surface area contributed by atoms with Gasteiger partial charge in [-0.2, -0.15) is 52.7 Å². The first-order chi connectivity index (χ1) is 46.7. The van der Waals surface area contributed by atoms with E-state index in [1.807, 2.05) is 97.8 Å². The van der Waals surface area contributed by atoms with Gasteiger partial charge in [-0.15, -0.1) is 0 Å². The van der Waals surface area contributed by atoms with Crippen LogP contribution in [0.4, 0.5) is 61.5 Å². The van der Waals surface area contributed by atoms with E-state index in [9.17, 15) is 81.0 Å². The molecule has 2 aromatic rings. The Labute approximate surface area is 586 Å². The molecule has 0 aromatic heterocycles. The third-order valence-corrected chi connectivity index (χ3v) is 30.3. The van der Waals surface area contributed by atoms with Gasteiger partial charge in [0.25, 0.3) is 0 Å². The predicted octanol–water partition coefficient (Wildman–Crippen LogP) is 19.6. The van der Waals surface area contributed by atoms with Crippen LogP contribution in [0.2, 0.25) is 18.1 Å². The van der Waals surface area contributed by atoms with Crippen molar-refractivity contribution in [1.29, 1.82) is 0 Å². The first kappa shape index (κ1) is 81.3. The molecule has 1 saturated heterocycles.